The molecule has 0 heterocycles. The molecule has 0 unspecified atom stereocenters. The average Bonchev–Trinajstić information content (AvgIpc) is 3.06. The van der Waals surface area contributed by atoms with E-state index in [-0.39, 0.29) is 17.1 Å². The smallest absolute Gasteiger partial charge is 0.349 e. The van der Waals surface area contributed by atoms with Crippen LogP contribution in [0.25, 0.3) is 11.1 Å². The Bertz CT molecular complexity index is 1650. The maximum absolute atomic E-state index is 14.1. The Hall–Kier alpha value is -5.10. The van der Waals surface area contributed by atoms with E-state index in [1.807, 2.05) is 0 Å². The minimum absolute atomic E-state index is 0.141. The molecule has 0 aliphatic heterocycles. The van der Waals surface area contributed by atoms with Crippen molar-refractivity contribution in [3.63, 3.8) is 0 Å². The Morgan fingerprint density at radius 1 is 0.652 bits per heavy atom. The Balaban J connectivity index is 1.42. The monoisotopic (exact) mass is 640 g/mol. The van der Waals surface area contributed by atoms with Crippen LogP contribution in [0, 0.1) is 23.3 Å². The van der Waals surface area contributed by atoms with E-state index in [1.54, 1.807) is 42.5 Å². The molecule has 0 spiro atoms. The molecule has 0 aliphatic carbocycles. The van der Waals surface area contributed by atoms with Gasteiger partial charge in [0.15, 0.2) is 23.3 Å². The Morgan fingerprint density at radius 3 is 1.72 bits per heavy atom. The minimum atomic E-state index is -1.96. The summed E-state index contributed by atoms with van der Waals surface area (Å²) in [5.74, 6) is -8.97. The lowest BCUT2D eigenvalue weighted by Gasteiger charge is -2.14. The summed E-state index contributed by atoms with van der Waals surface area (Å²) >= 11 is 0. The van der Waals surface area contributed by atoms with Gasteiger partial charge < -0.3 is 30.4 Å². The second-order valence-electron chi connectivity index (χ2n) is 10.1. The van der Waals surface area contributed by atoms with Crippen LogP contribution in [0.1, 0.15) is 53.3 Å². The number of benzene rings is 4. The van der Waals surface area contributed by atoms with Gasteiger partial charge in [0, 0.05) is 6.07 Å². The summed E-state index contributed by atoms with van der Waals surface area (Å²) in [6, 6.07) is 17.2. The molecule has 0 aliphatic rings. The van der Waals surface area contributed by atoms with Crippen molar-refractivity contribution in [3.8, 4) is 34.1 Å². The van der Waals surface area contributed by atoms with Crippen LogP contribution in [0.15, 0.2) is 66.7 Å². The van der Waals surface area contributed by atoms with E-state index in [9.17, 15) is 27.2 Å². The topological polar surface area (TPSA) is 123 Å². The number of ether oxygens (including phenoxy) is 4. The van der Waals surface area contributed by atoms with E-state index in [2.05, 4.69) is 6.92 Å². The lowest BCUT2D eigenvalue weighted by atomic mass is 10.1. The predicted octanol–water partition coefficient (Wildman–Crippen LogP) is 7.23. The molecule has 4 rings (SSSR count). The van der Waals surface area contributed by atoms with Gasteiger partial charge in [-0.15, -0.1) is 0 Å². The van der Waals surface area contributed by atoms with Gasteiger partial charge in [-0.2, -0.15) is 0 Å². The number of hydrogen-bond donors (Lipinski definition) is 2. The molecule has 0 amide bonds. The lowest BCUT2D eigenvalue weighted by Crippen LogP contribution is -2.17. The van der Waals surface area contributed by atoms with E-state index < -0.39 is 46.5 Å². The zero-order valence-corrected chi connectivity index (χ0v) is 24.9. The molecule has 8 nitrogen and oxygen atoms in total. The van der Waals surface area contributed by atoms with Crippen molar-refractivity contribution in [2.75, 3.05) is 25.5 Å². The van der Waals surface area contributed by atoms with Crippen LogP contribution in [0.2, 0.25) is 0 Å². The molecule has 0 bridgehead atoms. The number of esters is 2. The molecule has 0 saturated carbocycles. The second kappa shape index (κ2) is 15.8. The number of hydrogen-bond acceptors (Lipinski definition) is 8. The largest absolute Gasteiger partial charge is 0.493 e. The van der Waals surface area contributed by atoms with Gasteiger partial charge in [-0.3, -0.25) is 0 Å². The van der Waals surface area contributed by atoms with E-state index >= 15 is 0 Å². The van der Waals surface area contributed by atoms with E-state index in [1.165, 1.54) is 24.3 Å². The molecule has 242 valence electrons. The zero-order chi connectivity index (χ0) is 33.2. The van der Waals surface area contributed by atoms with Crippen molar-refractivity contribution in [1.82, 2.24) is 0 Å². The van der Waals surface area contributed by atoms with Gasteiger partial charge in [-0.25, -0.2) is 27.2 Å². The quantitative estimate of drug-likeness (QED) is 0.0370. The van der Waals surface area contributed by atoms with Crippen LogP contribution in [0.3, 0.4) is 0 Å². The number of nitrogen functional groups attached to an aromatic ring is 1. The molecule has 12 heteroatoms. The Kier molecular flexibility index (Phi) is 11.6. The maximum Gasteiger partial charge on any atom is 0.349 e. The third-order valence-electron chi connectivity index (χ3n) is 6.76. The van der Waals surface area contributed by atoms with Crippen molar-refractivity contribution in [2.45, 2.75) is 32.6 Å². The predicted molar refractivity (Wildman–Crippen MR) is 163 cm³/mol. The van der Waals surface area contributed by atoms with Gasteiger partial charge in [0.05, 0.1) is 13.2 Å². The van der Waals surface area contributed by atoms with Crippen LogP contribution >= 0.6 is 0 Å². The van der Waals surface area contributed by atoms with Crippen LogP contribution in [0.5, 0.6) is 23.0 Å². The summed E-state index contributed by atoms with van der Waals surface area (Å²) < 4.78 is 77.8. The highest BCUT2D eigenvalue weighted by molar-refractivity contribution is 5.94. The number of rotatable bonds is 14. The molecule has 0 aromatic heterocycles. The SMILES string of the molecule is CCCCCOc1ccc(C(=O)Oc2ccc(-c3ccc(OC(=O)c4c(F)c(F)c(N)c(F)c4F)cc3)cc2)c(OCCCN)c1. The third-order valence-corrected chi connectivity index (χ3v) is 6.76. The molecular weight excluding hydrogens is 608 g/mol. The standard InChI is InChI=1S/C34H32F4N2O6/c1-2-3-4-17-43-24-14-15-25(26(19-24)44-18-5-16-39)33(41)45-22-10-6-20(7-11-22)21-8-12-23(13-9-21)46-34(42)27-28(35)30(37)32(40)31(38)29(27)36/h6-15,19H,2-5,16-18,39-40H2,1H3. The Labute approximate surface area is 262 Å². The minimum Gasteiger partial charge on any atom is -0.493 e. The average molecular weight is 641 g/mol. The fourth-order valence-electron chi connectivity index (χ4n) is 4.27. The molecule has 4 aromatic rings. The highest BCUT2D eigenvalue weighted by Crippen LogP contribution is 2.30. The van der Waals surface area contributed by atoms with Crippen LogP contribution in [0.4, 0.5) is 23.2 Å². The van der Waals surface area contributed by atoms with Crippen molar-refractivity contribution in [1.29, 1.82) is 0 Å². The van der Waals surface area contributed by atoms with Crippen LogP contribution < -0.4 is 30.4 Å². The molecule has 4 N–H and O–H groups in total. The van der Waals surface area contributed by atoms with E-state index in [4.69, 9.17) is 30.4 Å². The number of anilines is 1. The highest BCUT2D eigenvalue weighted by Gasteiger charge is 2.29. The first-order valence-corrected chi connectivity index (χ1v) is 14.5. The lowest BCUT2D eigenvalue weighted by molar-refractivity contribution is 0.0715. The summed E-state index contributed by atoms with van der Waals surface area (Å²) in [6.45, 7) is 3.40. The molecular formula is C34H32F4N2O6. The van der Waals surface area contributed by atoms with Gasteiger partial charge in [-0.05, 0) is 66.9 Å². The van der Waals surface area contributed by atoms with E-state index in [0.29, 0.717) is 48.8 Å². The zero-order valence-electron chi connectivity index (χ0n) is 24.9. The third kappa shape index (κ3) is 8.13. The summed E-state index contributed by atoms with van der Waals surface area (Å²) in [5, 5.41) is 0. The normalized spacial score (nSPS) is 10.8. The number of unbranched alkanes of at least 4 members (excludes halogenated alkanes) is 2. The van der Waals surface area contributed by atoms with Gasteiger partial charge in [-0.1, -0.05) is 44.0 Å². The summed E-state index contributed by atoms with van der Waals surface area (Å²) in [5.41, 5.74) is 9.17. The molecule has 0 saturated heterocycles. The number of nitrogens with two attached hydrogens (primary N) is 2. The first-order valence-electron chi connectivity index (χ1n) is 14.5. The summed E-state index contributed by atoms with van der Waals surface area (Å²) in [6.07, 6.45) is 3.63. The van der Waals surface area contributed by atoms with Crippen LogP contribution in [-0.2, 0) is 0 Å². The molecule has 0 radical (unpaired) electrons. The van der Waals surface area contributed by atoms with Crippen LogP contribution in [-0.4, -0.2) is 31.7 Å². The molecule has 4 aromatic carbocycles. The van der Waals surface area contributed by atoms with Crippen molar-refractivity contribution >= 4 is 17.6 Å². The molecule has 0 atom stereocenters. The van der Waals surface area contributed by atoms with Crippen molar-refractivity contribution in [2.24, 2.45) is 5.73 Å². The highest BCUT2D eigenvalue weighted by atomic mass is 19.2. The van der Waals surface area contributed by atoms with Crippen molar-refractivity contribution in [3.05, 3.63) is 101 Å². The van der Waals surface area contributed by atoms with Gasteiger partial charge in [0.25, 0.3) is 0 Å². The van der Waals surface area contributed by atoms with E-state index in [0.717, 1.165) is 19.3 Å². The first kappa shape index (κ1) is 33.8. The summed E-state index contributed by atoms with van der Waals surface area (Å²) in [4.78, 5) is 25.3. The molecule has 46 heavy (non-hydrogen) atoms. The number of carbonyl (C=O) groups is 2. The molecule has 0 fully saturated rings. The number of carbonyl (C=O) groups excluding carboxylic acids is 2. The fourth-order valence-corrected chi connectivity index (χ4v) is 4.27. The number of halogens is 4. The fraction of sp³-hybridized carbons (Fsp3) is 0.235. The van der Waals surface area contributed by atoms with Gasteiger partial charge >= 0.3 is 11.9 Å². The Morgan fingerprint density at radius 2 is 1.17 bits per heavy atom. The maximum atomic E-state index is 14.1. The summed E-state index contributed by atoms with van der Waals surface area (Å²) in [7, 11) is 0. The second-order valence-corrected chi connectivity index (χ2v) is 10.1. The first-order chi connectivity index (χ1) is 22.1. The van der Waals surface area contributed by atoms with Gasteiger partial charge in [0.2, 0.25) is 0 Å². The van der Waals surface area contributed by atoms with Crippen molar-refractivity contribution < 1.29 is 46.1 Å². The van der Waals surface area contributed by atoms with Gasteiger partial charge in [0.1, 0.15) is 39.8 Å².